The van der Waals surface area contributed by atoms with Gasteiger partial charge in [0.1, 0.15) is 6.61 Å². The number of amides is 1. The van der Waals surface area contributed by atoms with E-state index in [1.807, 2.05) is 4.90 Å². The summed E-state index contributed by atoms with van der Waals surface area (Å²) in [5, 5.41) is 0. The molecule has 1 aliphatic rings. The molecule has 1 amide bonds. The highest BCUT2D eigenvalue weighted by Crippen LogP contribution is 2.23. The molecule has 18 heavy (non-hydrogen) atoms. The molecular weight excluding hydrogens is 316 g/mol. The van der Waals surface area contributed by atoms with Crippen LogP contribution in [0.4, 0.5) is 0 Å². The molecule has 0 radical (unpaired) electrons. The van der Waals surface area contributed by atoms with Gasteiger partial charge in [-0.15, -0.1) is 11.3 Å². The molecule has 0 atom stereocenters. The Morgan fingerprint density at radius 2 is 2.11 bits per heavy atom. The van der Waals surface area contributed by atoms with Crippen molar-refractivity contribution in [3.63, 3.8) is 0 Å². The number of thiophene rings is 1. The Hall–Kier alpha value is -0.430. The first-order valence-electron chi connectivity index (χ1n) is 5.92. The molecule has 100 valence electrons. The molecule has 0 saturated carbocycles. The minimum Gasteiger partial charge on any atom is -0.375 e. The van der Waals surface area contributed by atoms with E-state index in [2.05, 4.69) is 33.0 Å². The summed E-state index contributed by atoms with van der Waals surface area (Å²) in [4.78, 5) is 17.3. The molecule has 0 N–H and O–H groups in total. The highest BCUT2D eigenvalue weighted by atomic mass is 79.9. The minimum atomic E-state index is 0.0935. The van der Waals surface area contributed by atoms with E-state index in [4.69, 9.17) is 4.74 Å². The minimum absolute atomic E-state index is 0.0935. The van der Waals surface area contributed by atoms with E-state index in [0.717, 1.165) is 32.7 Å². The highest BCUT2D eigenvalue weighted by molar-refractivity contribution is 9.11. The van der Waals surface area contributed by atoms with Gasteiger partial charge >= 0.3 is 0 Å². The molecule has 1 fully saturated rings. The zero-order valence-corrected chi connectivity index (χ0v) is 12.8. The van der Waals surface area contributed by atoms with Crippen LogP contribution in [0.1, 0.15) is 4.88 Å². The summed E-state index contributed by atoms with van der Waals surface area (Å²) in [5.41, 5.74) is 0. The van der Waals surface area contributed by atoms with Crippen LogP contribution in [0.15, 0.2) is 15.9 Å². The lowest BCUT2D eigenvalue weighted by atomic mass is 10.3. The van der Waals surface area contributed by atoms with Crippen molar-refractivity contribution in [2.24, 2.45) is 0 Å². The lowest BCUT2D eigenvalue weighted by Crippen LogP contribution is -2.49. The van der Waals surface area contributed by atoms with Crippen LogP contribution in [0.25, 0.3) is 0 Å². The second-order valence-electron chi connectivity index (χ2n) is 4.30. The third-order valence-corrected chi connectivity index (χ3v) is 4.61. The third-order valence-electron chi connectivity index (χ3n) is 3.00. The molecule has 2 rings (SSSR count). The number of methoxy groups -OCH3 is 1. The first-order chi connectivity index (χ1) is 8.69. The van der Waals surface area contributed by atoms with E-state index >= 15 is 0 Å². The Morgan fingerprint density at radius 1 is 1.39 bits per heavy atom. The van der Waals surface area contributed by atoms with Gasteiger partial charge in [0, 0.05) is 44.7 Å². The van der Waals surface area contributed by atoms with Crippen molar-refractivity contribution < 1.29 is 9.53 Å². The van der Waals surface area contributed by atoms with Gasteiger partial charge in [0.2, 0.25) is 5.91 Å². The van der Waals surface area contributed by atoms with Crippen LogP contribution < -0.4 is 0 Å². The average molecular weight is 333 g/mol. The predicted molar refractivity (Wildman–Crippen MR) is 75.8 cm³/mol. The number of halogens is 1. The van der Waals surface area contributed by atoms with Crippen molar-refractivity contribution in [2.45, 2.75) is 6.54 Å². The van der Waals surface area contributed by atoms with Gasteiger partial charge in [-0.1, -0.05) is 0 Å². The molecule has 4 nitrogen and oxygen atoms in total. The van der Waals surface area contributed by atoms with Gasteiger partial charge in [0.15, 0.2) is 0 Å². The van der Waals surface area contributed by atoms with E-state index in [1.54, 1.807) is 18.4 Å². The van der Waals surface area contributed by atoms with Crippen molar-refractivity contribution in [1.82, 2.24) is 9.80 Å². The van der Waals surface area contributed by atoms with Crippen molar-refractivity contribution in [2.75, 3.05) is 39.9 Å². The number of hydrogen-bond acceptors (Lipinski definition) is 4. The molecule has 1 aromatic heterocycles. The predicted octanol–water partition coefficient (Wildman–Crippen LogP) is 1.80. The fraction of sp³-hybridized carbons (Fsp3) is 0.583. The second-order valence-corrected chi connectivity index (χ2v) is 6.84. The standard InChI is InChI=1S/C12H17BrN2O2S/c1-17-9-12(16)15-6-4-14(5-7-15)8-10-2-3-11(13)18-10/h2-3H,4-9H2,1H3. The summed E-state index contributed by atoms with van der Waals surface area (Å²) in [6.07, 6.45) is 0. The molecule has 2 heterocycles. The maximum atomic E-state index is 11.6. The van der Waals surface area contributed by atoms with Crippen LogP contribution >= 0.6 is 27.3 Å². The topological polar surface area (TPSA) is 32.8 Å². The number of rotatable bonds is 4. The summed E-state index contributed by atoms with van der Waals surface area (Å²) in [6.45, 7) is 4.64. The SMILES string of the molecule is COCC(=O)N1CCN(Cc2ccc(Br)s2)CC1. The van der Waals surface area contributed by atoms with Gasteiger partial charge in [-0.05, 0) is 28.1 Å². The van der Waals surface area contributed by atoms with Crippen molar-refractivity contribution in [3.8, 4) is 0 Å². The Kier molecular flexibility index (Phi) is 5.17. The van der Waals surface area contributed by atoms with Gasteiger partial charge in [-0.2, -0.15) is 0 Å². The Balaban J connectivity index is 1.78. The second kappa shape index (κ2) is 6.65. The zero-order valence-electron chi connectivity index (χ0n) is 10.4. The molecule has 0 bridgehead atoms. The van der Waals surface area contributed by atoms with Crippen LogP contribution in [-0.2, 0) is 16.1 Å². The van der Waals surface area contributed by atoms with Crippen LogP contribution in [-0.4, -0.2) is 55.6 Å². The molecule has 0 spiro atoms. The van der Waals surface area contributed by atoms with E-state index in [1.165, 1.54) is 8.66 Å². The summed E-state index contributed by atoms with van der Waals surface area (Å²) in [5.74, 6) is 0.0935. The van der Waals surface area contributed by atoms with E-state index < -0.39 is 0 Å². The summed E-state index contributed by atoms with van der Waals surface area (Å²) >= 11 is 5.25. The molecule has 0 aromatic carbocycles. The van der Waals surface area contributed by atoms with E-state index in [9.17, 15) is 4.79 Å². The monoisotopic (exact) mass is 332 g/mol. The quantitative estimate of drug-likeness (QED) is 0.842. The number of piperazine rings is 1. The van der Waals surface area contributed by atoms with Gasteiger partial charge in [0.25, 0.3) is 0 Å². The first-order valence-corrected chi connectivity index (χ1v) is 7.53. The van der Waals surface area contributed by atoms with Crippen LogP contribution in [0, 0.1) is 0 Å². The molecule has 1 aliphatic heterocycles. The van der Waals surface area contributed by atoms with Gasteiger partial charge in [-0.3, -0.25) is 9.69 Å². The molecule has 1 aromatic rings. The number of hydrogen-bond donors (Lipinski definition) is 0. The van der Waals surface area contributed by atoms with E-state index in [-0.39, 0.29) is 12.5 Å². The van der Waals surface area contributed by atoms with Gasteiger partial charge in [-0.25, -0.2) is 0 Å². The Bertz CT molecular complexity index is 403. The van der Waals surface area contributed by atoms with Crippen molar-refractivity contribution in [1.29, 1.82) is 0 Å². The lowest BCUT2D eigenvalue weighted by molar-refractivity contribution is -0.136. The maximum Gasteiger partial charge on any atom is 0.248 e. The summed E-state index contributed by atoms with van der Waals surface area (Å²) < 4.78 is 6.05. The molecule has 1 saturated heterocycles. The Morgan fingerprint density at radius 3 is 2.67 bits per heavy atom. The average Bonchev–Trinajstić information content (AvgIpc) is 2.76. The maximum absolute atomic E-state index is 11.6. The normalized spacial score (nSPS) is 17.1. The lowest BCUT2D eigenvalue weighted by Gasteiger charge is -2.34. The van der Waals surface area contributed by atoms with Gasteiger partial charge in [0.05, 0.1) is 3.79 Å². The van der Waals surface area contributed by atoms with Crippen LogP contribution in [0.3, 0.4) is 0 Å². The molecule has 6 heteroatoms. The fourth-order valence-corrected chi connectivity index (χ4v) is 3.55. The highest BCUT2D eigenvalue weighted by Gasteiger charge is 2.20. The molecule has 0 unspecified atom stereocenters. The number of ether oxygens (including phenoxy) is 1. The van der Waals surface area contributed by atoms with Crippen molar-refractivity contribution in [3.05, 3.63) is 20.8 Å². The fourth-order valence-electron chi connectivity index (χ4n) is 2.03. The largest absolute Gasteiger partial charge is 0.375 e. The third kappa shape index (κ3) is 3.78. The number of carbonyl (C=O) groups excluding carboxylic acids is 1. The van der Waals surface area contributed by atoms with Crippen LogP contribution in [0.5, 0.6) is 0 Å². The smallest absolute Gasteiger partial charge is 0.248 e. The zero-order chi connectivity index (χ0) is 13.0. The number of carbonyl (C=O) groups is 1. The van der Waals surface area contributed by atoms with Crippen LogP contribution in [0.2, 0.25) is 0 Å². The summed E-state index contributed by atoms with van der Waals surface area (Å²) in [6, 6.07) is 4.23. The first kappa shape index (κ1) is 14.0. The van der Waals surface area contributed by atoms with Crippen molar-refractivity contribution >= 4 is 33.2 Å². The Labute approximate surface area is 120 Å². The molecular formula is C12H17BrN2O2S. The molecule has 0 aliphatic carbocycles. The summed E-state index contributed by atoms with van der Waals surface area (Å²) in [7, 11) is 1.56. The van der Waals surface area contributed by atoms with E-state index in [0.29, 0.717) is 0 Å². The van der Waals surface area contributed by atoms with Gasteiger partial charge < -0.3 is 9.64 Å². The number of nitrogens with zero attached hydrogens (tertiary/aromatic N) is 2.